The van der Waals surface area contributed by atoms with Crippen LogP contribution in [-0.2, 0) is 9.53 Å². The summed E-state index contributed by atoms with van der Waals surface area (Å²) in [7, 11) is 0. The van der Waals surface area contributed by atoms with Crippen LogP contribution in [0.4, 0.5) is 10.4 Å². The summed E-state index contributed by atoms with van der Waals surface area (Å²) in [6.07, 6.45) is 0. The maximum Gasteiger partial charge on any atom is 0.340 e. The lowest BCUT2D eigenvalue weighted by molar-refractivity contribution is -0.135. The van der Waals surface area contributed by atoms with E-state index in [-0.39, 0.29) is 17.8 Å². The highest BCUT2D eigenvalue weighted by Gasteiger charge is 2.38. The molecule has 0 saturated carbocycles. The van der Waals surface area contributed by atoms with Crippen molar-refractivity contribution in [2.45, 2.75) is 12.1 Å². The Bertz CT molecular complexity index is 1310. The van der Waals surface area contributed by atoms with Crippen molar-refractivity contribution in [3.05, 3.63) is 101 Å². The molecule has 0 spiro atoms. The Morgan fingerprint density at radius 1 is 0.909 bits per heavy atom. The van der Waals surface area contributed by atoms with Gasteiger partial charge in [-0.2, -0.15) is 0 Å². The van der Waals surface area contributed by atoms with Crippen LogP contribution < -0.4 is 5.32 Å². The van der Waals surface area contributed by atoms with Crippen molar-refractivity contribution in [1.82, 2.24) is 10.2 Å². The van der Waals surface area contributed by atoms with Gasteiger partial charge < -0.3 is 14.5 Å². The Kier molecular flexibility index (Phi) is 5.58. The zero-order valence-electron chi connectivity index (χ0n) is 17.0. The van der Waals surface area contributed by atoms with Gasteiger partial charge in [0, 0.05) is 16.1 Å². The first-order chi connectivity index (χ1) is 16.1. The molecule has 1 aliphatic rings. The molecule has 4 aromatic rings. The average Bonchev–Trinajstić information content (AvgIpc) is 3.46. The van der Waals surface area contributed by atoms with E-state index in [1.807, 2.05) is 18.2 Å². The summed E-state index contributed by atoms with van der Waals surface area (Å²) in [6.45, 7) is 0. The van der Waals surface area contributed by atoms with Crippen molar-refractivity contribution in [2.75, 3.05) is 5.32 Å². The van der Waals surface area contributed by atoms with Gasteiger partial charge >= 0.3 is 12.0 Å². The van der Waals surface area contributed by atoms with E-state index in [1.165, 1.54) is 12.1 Å². The van der Waals surface area contributed by atoms with Gasteiger partial charge in [-0.3, -0.25) is 0 Å². The van der Waals surface area contributed by atoms with Crippen LogP contribution in [-0.4, -0.2) is 28.1 Å². The number of aromatic nitrogens is 2. The molecule has 1 aliphatic heterocycles. The van der Waals surface area contributed by atoms with Crippen LogP contribution in [0.1, 0.15) is 17.2 Å². The second-order valence-electron chi connectivity index (χ2n) is 7.26. The fourth-order valence-corrected chi connectivity index (χ4v) is 3.55. The molecular weight excluding hydrogens is 447 g/mol. The number of nitrogens with zero attached hydrogens (tertiary/aromatic N) is 3. The number of esters is 1. The molecule has 0 fully saturated rings. The van der Waals surface area contributed by atoms with Gasteiger partial charge in [-0.15, -0.1) is 5.10 Å². The molecule has 0 radical (unpaired) electrons. The molecule has 1 N–H and O–H groups in total. The predicted octanol–water partition coefficient (Wildman–Crippen LogP) is 5.05. The van der Waals surface area contributed by atoms with Crippen LogP contribution in [0.15, 0.2) is 88.3 Å². The Labute approximate surface area is 192 Å². The molecule has 2 atom stereocenters. The number of carbonyl (C=O) groups excluding carboxylic acids is 1. The number of rotatable bonds is 6. The highest BCUT2D eigenvalue weighted by molar-refractivity contribution is 6.30. The fourth-order valence-electron chi connectivity index (χ4n) is 3.42. The topological polar surface area (TPSA) is 89.6 Å². The maximum absolute atomic E-state index is 13.5. The van der Waals surface area contributed by atoms with E-state index in [2.05, 4.69) is 20.5 Å². The van der Waals surface area contributed by atoms with E-state index in [1.54, 1.807) is 48.5 Å². The minimum Gasteiger partial charge on any atom is -0.405 e. The number of halogens is 2. The minimum absolute atomic E-state index is 0.0745. The van der Waals surface area contributed by atoms with Crippen LogP contribution in [0.25, 0.3) is 11.5 Å². The largest absolute Gasteiger partial charge is 0.405 e. The Balaban J connectivity index is 1.47. The van der Waals surface area contributed by atoms with Crippen molar-refractivity contribution in [3.8, 4) is 11.5 Å². The molecule has 0 aliphatic carbocycles. The van der Waals surface area contributed by atoms with Gasteiger partial charge in [-0.1, -0.05) is 47.0 Å². The van der Waals surface area contributed by atoms with Gasteiger partial charge in [0.25, 0.3) is 0 Å². The van der Waals surface area contributed by atoms with Crippen LogP contribution in [0.2, 0.25) is 5.02 Å². The van der Waals surface area contributed by atoms with Crippen molar-refractivity contribution < 1.29 is 18.3 Å². The fraction of sp³-hybridized carbons (Fsp3) is 0.0833. The molecule has 164 valence electrons. The summed E-state index contributed by atoms with van der Waals surface area (Å²) in [5.74, 6) is -0.461. The zero-order chi connectivity index (χ0) is 22.8. The lowest BCUT2D eigenvalue weighted by Gasteiger charge is -2.19. The number of ether oxygens (including phenoxy) is 1. The first kappa shape index (κ1) is 20.8. The van der Waals surface area contributed by atoms with E-state index in [4.69, 9.17) is 20.8 Å². The number of aliphatic imine (C=N–C) groups is 1. The zero-order valence-corrected chi connectivity index (χ0v) is 17.7. The summed E-state index contributed by atoms with van der Waals surface area (Å²) in [4.78, 5) is 17.3. The van der Waals surface area contributed by atoms with E-state index in [9.17, 15) is 9.18 Å². The molecular formula is C24H16ClFN4O3. The number of anilines is 1. The lowest BCUT2D eigenvalue weighted by atomic mass is 10.00. The molecule has 5 rings (SSSR count). The maximum atomic E-state index is 13.5. The minimum atomic E-state index is -0.948. The molecule has 0 unspecified atom stereocenters. The van der Waals surface area contributed by atoms with Gasteiger partial charge in [-0.05, 0) is 54.1 Å². The highest BCUT2D eigenvalue weighted by atomic mass is 35.5. The number of hydrogen-bond donors (Lipinski definition) is 1. The SMILES string of the molecule is O=C1OC(c2ccccc2)=N[C@H]1[C@H](Nc1nnc(-c2ccc(Cl)cc2)o1)c1ccc(F)cc1. The van der Waals surface area contributed by atoms with Crippen molar-refractivity contribution in [2.24, 2.45) is 4.99 Å². The third-order valence-electron chi connectivity index (χ3n) is 5.06. The molecule has 0 saturated heterocycles. The van der Waals surface area contributed by atoms with Gasteiger partial charge in [-0.25, -0.2) is 14.2 Å². The third kappa shape index (κ3) is 4.47. The number of nitrogens with one attached hydrogen (secondary N) is 1. The summed E-state index contributed by atoms with van der Waals surface area (Å²) >= 11 is 5.93. The van der Waals surface area contributed by atoms with Crippen molar-refractivity contribution >= 4 is 29.5 Å². The molecule has 0 bridgehead atoms. The van der Waals surface area contributed by atoms with E-state index >= 15 is 0 Å². The second kappa shape index (κ2) is 8.84. The molecule has 9 heteroatoms. The highest BCUT2D eigenvalue weighted by Crippen LogP contribution is 2.30. The first-order valence-electron chi connectivity index (χ1n) is 10.0. The summed E-state index contributed by atoms with van der Waals surface area (Å²) in [5, 5.41) is 11.7. The van der Waals surface area contributed by atoms with E-state index in [0.29, 0.717) is 21.7 Å². The van der Waals surface area contributed by atoms with Crippen molar-refractivity contribution in [3.63, 3.8) is 0 Å². The molecule has 1 aromatic heterocycles. The number of benzene rings is 3. The summed E-state index contributed by atoms with van der Waals surface area (Å²) in [5.41, 5.74) is 1.96. The van der Waals surface area contributed by atoms with E-state index < -0.39 is 23.9 Å². The molecule has 0 amide bonds. The number of cyclic esters (lactones) is 1. The average molecular weight is 463 g/mol. The van der Waals surface area contributed by atoms with Crippen LogP contribution in [0.3, 0.4) is 0 Å². The third-order valence-corrected chi connectivity index (χ3v) is 5.31. The van der Waals surface area contributed by atoms with Crippen molar-refractivity contribution in [1.29, 1.82) is 0 Å². The van der Waals surface area contributed by atoms with Gasteiger partial charge in [0.1, 0.15) is 5.82 Å². The van der Waals surface area contributed by atoms with Crippen LogP contribution in [0.5, 0.6) is 0 Å². The lowest BCUT2D eigenvalue weighted by Crippen LogP contribution is -2.29. The Morgan fingerprint density at radius 3 is 2.36 bits per heavy atom. The molecule has 7 nitrogen and oxygen atoms in total. The summed E-state index contributed by atoms with van der Waals surface area (Å²) in [6, 6.07) is 20.2. The monoisotopic (exact) mass is 462 g/mol. The summed E-state index contributed by atoms with van der Waals surface area (Å²) < 4.78 is 24.7. The molecule has 3 aromatic carbocycles. The number of hydrogen-bond acceptors (Lipinski definition) is 7. The number of carbonyl (C=O) groups is 1. The normalized spacial score (nSPS) is 16.2. The Morgan fingerprint density at radius 2 is 1.64 bits per heavy atom. The predicted molar refractivity (Wildman–Crippen MR) is 120 cm³/mol. The molecule has 2 heterocycles. The Hall–Kier alpha value is -4.04. The van der Waals surface area contributed by atoms with E-state index in [0.717, 1.165) is 0 Å². The van der Waals surface area contributed by atoms with Crippen LogP contribution in [0, 0.1) is 5.82 Å². The standard InChI is InChI=1S/C24H16ClFN4O3/c25-17-10-6-16(7-11-17)22-29-30-24(33-22)28-19(14-8-12-18(26)13-9-14)20-23(31)32-21(27-20)15-4-2-1-3-5-15/h1-13,19-20H,(H,28,30)/t19-,20+/m1/s1. The quantitative estimate of drug-likeness (QED) is 0.403. The molecule has 33 heavy (non-hydrogen) atoms. The first-order valence-corrected chi connectivity index (χ1v) is 10.4. The van der Waals surface area contributed by atoms with Gasteiger partial charge in [0.2, 0.25) is 11.8 Å². The second-order valence-corrected chi connectivity index (χ2v) is 7.70. The van der Waals surface area contributed by atoms with Crippen LogP contribution >= 0.6 is 11.6 Å². The van der Waals surface area contributed by atoms with Gasteiger partial charge in [0.15, 0.2) is 6.04 Å². The van der Waals surface area contributed by atoms with Gasteiger partial charge in [0.05, 0.1) is 6.04 Å². The smallest absolute Gasteiger partial charge is 0.340 e.